The average molecular weight is 480 g/mol. The zero-order valence-corrected chi connectivity index (χ0v) is 21.4. The zero-order valence-electron chi connectivity index (χ0n) is 21.4. The Morgan fingerprint density at radius 3 is 2.14 bits per heavy atom. The van der Waals surface area contributed by atoms with Crippen LogP contribution in [0.2, 0.25) is 0 Å². The molecule has 36 heavy (non-hydrogen) atoms. The van der Waals surface area contributed by atoms with Crippen LogP contribution in [-0.4, -0.2) is 11.2 Å². The average Bonchev–Trinajstić information content (AvgIpc) is 3.31. The van der Waals surface area contributed by atoms with Crippen molar-refractivity contribution in [3.63, 3.8) is 0 Å². The molecule has 186 valence electrons. The molecular weight excluding hydrogens is 442 g/mol. The topological polar surface area (TPSA) is 23.4 Å². The molecule has 0 unspecified atom stereocenters. The number of hydrogen-bond donors (Lipinski definition) is 0. The highest BCUT2D eigenvalue weighted by molar-refractivity contribution is 5.62. The molecule has 0 radical (unpaired) electrons. The van der Waals surface area contributed by atoms with Crippen LogP contribution in [0.4, 0.5) is 0 Å². The van der Waals surface area contributed by atoms with Crippen molar-refractivity contribution in [3.05, 3.63) is 108 Å². The predicted octanol–water partition coefficient (Wildman–Crippen LogP) is 8.24. The summed E-state index contributed by atoms with van der Waals surface area (Å²) in [5.41, 5.74) is 6.25. The van der Waals surface area contributed by atoms with E-state index in [9.17, 15) is 0 Å². The Morgan fingerprint density at radius 1 is 0.694 bits per heavy atom. The van der Waals surface area contributed by atoms with Gasteiger partial charge in [0.2, 0.25) is 0 Å². The highest BCUT2D eigenvalue weighted by Gasteiger charge is 2.14. The van der Waals surface area contributed by atoms with Crippen molar-refractivity contribution < 1.29 is 9.47 Å². The number of aromatic nitrogens is 1. The summed E-state index contributed by atoms with van der Waals surface area (Å²) >= 11 is 0. The Morgan fingerprint density at radius 2 is 1.39 bits per heavy atom. The second-order valence-corrected chi connectivity index (χ2v) is 10.0. The predicted molar refractivity (Wildman–Crippen MR) is 148 cm³/mol. The molecule has 0 amide bonds. The van der Waals surface area contributed by atoms with Crippen molar-refractivity contribution in [2.24, 2.45) is 5.92 Å². The van der Waals surface area contributed by atoms with E-state index in [1.165, 1.54) is 60.2 Å². The smallest absolute Gasteiger partial charge is 0.119 e. The first-order chi connectivity index (χ1) is 17.7. The van der Waals surface area contributed by atoms with Gasteiger partial charge in [0.1, 0.15) is 18.1 Å². The molecule has 1 aromatic heterocycles. The maximum absolute atomic E-state index is 6.08. The van der Waals surface area contributed by atoms with Gasteiger partial charge in [0, 0.05) is 17.9 Å². The van der Waals surface area contributed by atoms with E-state index in [1.54, 1.807) is 0 Å². The van der Waals surface area contributed by atoms with Crippen molar-refractivity contribution in [1.82, 2.24) is 4.57 Å². The largest absolute Gasteiger partial charge is 0.493 e. The van der Waals surface area contributed by atoms with E-state index >= 15 is 0 Å². The number of benzene rings is 3. The molecule has 3 nitrogen and oxygen atoms in total. The fourth-order valence-electron chi connectivity index (χ4n) is 5.14. The maximum Gasteiger partial charge on any atom is 0.119 e. The molecule has 3 heteroatoms. The van der Waals surface area contributed by atoms with Gasteiger partial charge in [-0.3, -0.25) is 0 Å². The quantitative estimate of drug-likeness (QED) is 0.229. The molecule has 0 N–H and O–H groups in total. The van der Waals surface area contributed by atoms with Gasteiger partial charge in [-0.1, -0.05) is 61.7 Å². The third-order valence-electron chi connectivity index (χ3n) is 7.36. The van der Waals surface area contributed by atoms with Gasteiger partial charge >= 0.3 is 0 Å². The van der Waals surface area contributed by atoms with Crippen LogP contribution in [0, 0.1) is 12.8 Å². The van der Waals surface area contributed by atoms with Gasteiger partial charge in [-0.15, -0.1) is 0 Å². The summed E-state index contributed by atoms with van der Waals surface area (Å²) in [5.74, 6) is 2.62. The van der Waals surface area contributed by atoms with Crippen LogP contribution in [-0.2, 0) is 19.6 Å². The van der Waals surface area contributed by atoms with E-state index in [-0.39, 0.29) is 0 Å². The van der Waals surface area contributed by atoms with E-state index < -0.39 is 0 Å². The molecule has 0 aliphatic heterocycles. The Hall–Kier alpha value is -3.46. The fourth-order valence-corrected chi connectivity index (χ4v) is 5.14. The third-order valence-corrected chi connectivity index (χ3v) is 7.36. The molecule has 1 fully saturated rings. The van der Waals surface area contributed by atoms with Gasteiger partial charge in [-0.05, 0) is 97.3 Å². The third kappa shape index (κ3) is 6.40. The minimum absolute atomic E-state index is 0.583. The number of aryl methyl sites for hydroxylation is 2. The van der Waals surface area contributed by atoms with Crippen molar-refractivity contribution in [3.8, 4) is 22.8 Å². The second-order valence-electron chi connectivity index (χ2n) is 10.0. The van der Waals surface area contributed by atoms with Gasteiger partial charge in [0.05, 0.1) is 6.61 Å². The SMILES string of the molecule is Cc1ccc(-c2ccc(OCc3ccccc3)cc2)n1CCc1ccc(OCC2CCCCC2)cc1. The van der Waals surface area contributed by atoms with Gasteiger partial charge in [-0.25, -0.2) is 0 Å². The second kappa shape index (κ2) is 12.0. The number of nitrogens with zero attached hydrogens (tertiary/aromatic N) is 1. The normalized spacial score (nSPS) is 14.0. The fraction of sp³-hybridized carbons (Fsp3) is 0.333. The molecule has 0 saturated heterocycles. The molecular formula is C33H37NO2. The lowest BCUT2D eigenvalue weighted by Gasteiger charge is -2.21. The van der Waals surface area contributed by atoms with Crippen LogP contribution >= 0.6 is 0 Å². The van der Waals surface area contributed by atoms with Crippen molar-refractivity contribution in [2.75, 3.05) is 6.61 Å². The summed E-state index contributed by atoms with van der Waals surface area (Å²) in [4.78, 5) is 0. The van der Waals surface area contributed by atoms with E-state index in [0.717, 1.165) is 37.0 Å². The standard InChI is InChI=1S/C33H37NO2/c1-26-12-21-33(30-15-19-32(20-16-30)36-25-29-10-6-3-7-11-29)34(26)23-22-27-13-17-31(18-14-27)35-24-28-8-4-2-5-9-28/h3,6-7,10-21,28H,2,4-5,8-9,22-25H2,1H3. The van der Waals surface area contributed by atoms with Crippen LogP contribution in [0.1, 0.15) is 48.9 Å². The Bertz CT molecular complexity index is 1200. The Balaban J connectivity index is 1.16. The first kappa shape index (κ1) is 24.2. The van der Waals surface area contributed by atoms with Gasteiger partial charge in [0.25, 0.3) is 0 Å². The molecule has 1 aliphatic carbocycles. The van der Waals surface area contributed by atoms with Crippen LogP contribution in [0.5, 0.6) is 11.5 Å². The molecule has 0 bridgehead atoms. The molecule has 1 heterocycles. The summed E-state index contributed by atoms with van der Waals surface area (Å²) in [5, 5.41) is 0. The van der Waals surface area contributed by atoms with E-state index in [0.29, 0.717) is 6.61 Å². The van der Waals surface area contributed by atoms with Gasteiger partial charge < -0.3 is 14.0 Å². The summed E-state index contributed by atoms with van der Waals surface area (Å²) in [6, 6.07) is 31.8. The number of ether oxygens (including phenoxy) is 2. The Kier molecular flexibility index (Phi) is 8.07. The molecule has 5 rings (SSSR count). The van der Waals surface area contributed by atoms with Crippen LogP contribution in [0.15, 0.2) is 91.0 Å². The minimum Gasteiger partial charge on any atom is -0.493 e. The highest BCUT2D eigenvalue weighted by Crippen LogP contribution is 2.27. The van der Waals surface area contributed by atoms with E-state index in [2.05, 4.69) is 84.3 Å². The summed E-state index contributed by atoms with van der Waals surface area (Å²) in [6.07, 6.45) is 7.74. The molecule has 0 atom stereocenters. The lowest BCUT2D eigenvalue weighted by Crippen LogP contribution is -2.15. The van der Waals surface area contributed by atoms with Crippen molar-refractivity contribution in [2.45, 2.75) is 58.6 Å². The van der Waals surface area contributed by atoms with E-state index in [4.69, 9.17) is 9.47 Å². The van der Waals surface area contributed by atoms with Crippen molar-refractivity contribution >= 4 is 0 Å². The number of rotatable bonds is 10. The molecule has 3 aromatic carbocycles. The summed E-state index contributed by atoms with van der Waals surface area (Å²) < 4.78 is 14.5. The van der Waals surface area contributed by atoms with Crippen LogP contribution in [0.25, 0.3) is 11.3 Å². The zero-order chi connectivity index (χ0) is 24.6. The van der Waals surface area contributed by atoms with Crippen LogP contribution < -0.4 is 9.47 Å². The number of hydrogen-bond acceptors (Lipinski definition) is 2. The molecule has 0 spiro atoms. The van der Waals surface area contributed by atoms with Crippen LogP contribution in [0.3, 0.4) is 0 Å². The van der Waals surface area contributed by atoms with Gasteiger partial charge in [0.15, 0.2) is 0 Å². The molecule has 1 aliphatic rings. The first-order valence-electron chi connectivity index (χ1n) is 13.4. The summed E-state index contributed by atoms with van der Waals surface area (Å²) in [6.45, 7) is 4.58. The van der Waals surface area contributed by atoms with E-state index in [1.807, 2.05) is 18.2 Å². The lowest BCUT2D eigenvalue weighted by molar-refractivity contribution is 0.209. The highest BCUT2D eigenvalue weighted by atomic mass is 16.5. The van der Waals surface area contributed by atoms with Crippen molar-refractivity contribution in [1.29, 1.82) is 0 Å². The lowest BCUT2D eigenvalue weighted by atomic mass is 9.90. The Labute approximate surface area is 215 Å². The molecule has 1 saturated carbocycles. The molecule has 4 aromatic rings. The maximum atomic E-state index is 6.08. The van der Waals surface area contributed by atoms with Gasteiger partial charge in [-0.2, -0.15) is 0 Å². The minimum atomic E-state index is 0.583. The monoisotopic (exact) mass is 479 g/mol. The summed E-state index contributed by atoms with van der Waals surface area (Å²) in [7, 11) is 0. The first-order valence-corrected chi connectivity index (χ1v) is 13.4.